The molecular formula is C22H17F3N4O2. The molecule has 2 aromatic carbocycles. The number of aromatic nitrogens is 2. The van der Waals surface area contributed by atoms with Crippen LogP contribution < -0.4 is 0 Å². The molecule has 1 unspecified atom stereocenters. The Hall–Kier alpha value is -3.67. The standard InChI is InChI=1S/C22H17F3N4O2/c23-22(24,25)18-8-6-15(7-9-18)19-27-28-20(31-19)17-5-2-10-29(13-17)21(30)16-4-1-3-14(11-16)12-26/h1,3-4,6-9,11,17H,2,5,10,13H2. The molecule has 0 spiro atoms. The summed E-state index contributed by atoms with van der Waals surface area (Å²) in [5.41, 5.74) is 0.495. The number of nitriles is 1. The Labute approximate surface area is 175 Å². The summed E-state index contributed by atoms with van der Waals surface area (Å²) in [6, 6.07) is 13.1. The van der Waals surface area contributed by atoms with Gasteiger partial charge in [-0.1, -0.05) is 6.07 Å². The van der Waals surface area contributed by atoms with Gasteiger partial charge >= 0.3 is 6.18 Å². The highest BCUT2D eigenvalue weighted by molar-refractivity contribution is 5.94. The van der Waals surface area contributed by atoms with E-state index in [0.29, 0.717) is 35.7 Å². The Balaban J connectivity index is 1.49. The van der Waals surface area contributed by atoms with Crippen LogP contribution in [0.15, 0.2) is 52.9 Å². The molecule has 1 aliphatic heterocycles. The van der Waals surface area contributed by atoms with Crippen LogP contribution in [0.2, 0.25) is 0 Å². The fraction of sp³-hybridized carbons (Fsp3) is 0.273. The maximum atomic E-state index is 12.8. The predicted molar refractivity (Wildman–Crippen MR) is 104 cm³/mol. The highest BCUT2D eigenvalue weighted by Gasteiger charge is 2.31. The number of piperidine rings is 1. The van der Waals surface area contributed by atoms with Crippen molar-refractivity contribution >= 4 is 5.91 Å². The van der Waals surface area contributed by atoms with E-state index in [1.165, 1.54) is 12.1 Å². The fourth-order valence-corrected chi connectivity index (χ4v) is 3.59. The van der Waals surface area contributed by atoms with Gasteiger partial charge in [-0.05, 0) is 55.3 Å². The topological polar surface area (TPSA) is 83.0 Å². The number of benzene rings is 2. The molecule has 9 heteroatoms. The summed E-state index contributed by atoms with van der Waals surface area (Å²) in [6.07, 6.45) is -2.92. The zero-order chi connectivity index (χ0) is 22.0. The molecule has 1 aliphatic rings. The maximum absolute atomic E-state index is 12.8. The molecule has 1 aromatic heterocycles. The first kappa shape index (κ1) is 20.6. The van der Waals surface area contributed by atoms with Gasteiger partial charge in [0.1, 0.15) is 0 Å². The smallest absolute Gasteiger partial charge is 0.416 e. The summed E-state index contributed by atoms with van der Waals surface area (Å²) < 4.78 is 43.9. The normalized spacial score (nSPS) is 16.7. The lowest BCUT2D eigenvalue weighted by Gasteiger charge is -2.31. The van der Waals surface area contributed by atoms with Gasteiger partial charge in [0, 0.05) is 24.2 Å². The number of hydrogen-bond donors (Lipinski definition) is 0. The number of rotatable bonds is 3. The quantitative estimate of drug-likeness (QED) is 0.609. The molecular weight excluding hydrogens is 409 g/mol. The Morgan fingerprint density at radius 2 is 1.94 bits per heavy atom. The van der Waals surface area contributed by atoms with E-state index in [9.17, 15) is 18.0 Å². The minimum absolute atomic E-state index is 0.133. The number of hydrogen-bond acceptors (Lipinski definition) is 5. The molecule has 31 heavy (non-hydrogen) atoms. The van der Waals surface area contributed by atoms with Crippen molar-refractivity contribution in [3.8, 4) is 17.5 Å². The molecule has 1 atom stereocenters. The lowest BCUT2D eigenvalue weighted by Crippen LogP contribution is -2.39. The summed E-state index contributed by atoms with van der Waals surface area (Å²) in [4.78, 5) is 14.5. The molecule has 6 nitrogen and oxygen atoms in total. The highest BCUT2D eigenvalue weighted by Crippen LogP contribution is 2.32. The van der Waals surface area contributed by atoms with Crippen LogP contribution in [0, 0.1) is 11.3 Å². The lowest BCUT2D eigenvalue weighted by atomic mass is 9.97. The first-order valence-corrected chi connectivity index (χ1v) is 9.65. The van der Waals surface area contributed by atoms with Crippen molar-refractivity contribution < 1.29 is 22.4 Å². The number of carbonyl (C=O) groups is 1. The Morgan fingerprint density at radius 1 is 1.16 bits per heavy atom. The third-order valence-electron chi connectivity index (χ3n) is 5.20. The predicted octanol–water partition coefficient (Wildman–Crippen LogP) is 4.65. The number of likely N-dealkylation sites (tertiary alicyclic amines) is 1. The molecule has 0 radical (unpaired) electrons. The minimum Gasteiger partial charge on any atom is -0.420 e. The summed E-state index contributed by atoms with van der Waals surface area (Å²) >= 11 is 0. The number of halogens is 3. The van der Waals surface area contributed by atoms with Crippen LogP contribution in [0.1, 0.15) is 46.1 Å². The Kier molecular flexibility index (Phi) is 5.46. The molecule has 2 heterocycles. The first-order valence-electron chi connectivity index (χ1n) is 9.65. The Bertz CT molecular complexity index is 1130. The summed E-state index contributed by atoms with van der Waals surface area (Å²) in [5, 5.41) is 17.1. The zero-order valence-corrected chi connectivity index (χ0v) is 16.3. The van der Waals surface area contributed by atoms with E-state index in [0.717, 1.165) is 25.0 Å². The summed E-state index contributed by atoms with van der Waals surface area (Å²) in [5.74, 6) is 0.129. The van der Waals surface area contributed by atoms with Crippen LogP contribution in [0.25, 0.3) is 11.5 Å². The number of amides is 1. The molecule has 1 saturated heterocycles. The van der Waals surface area contributed by atoms with E-state index >= 15 is 0 Å². The van der Waals surface area contributed by atoms with Crippen LogP contribution in [0.4, 0.5) is 13.2 Å². The highest BCUT2D eigenvalue weighted by atomic mass is 19.4. The third-order valence-corrected chi connectivity index (χ3v) is 5.20. The maximum Gasteiger partial charge on any atom is 0.416 e. The molecule has 0 N–H and O–H groups in total. The van der Waals surface area contributed by atoms with Gasteiger partial charge < -0.3 is 9.32 Å². The second-order valence-electron chi connectivity index (χ2n) is 7.30. The van der Waals surface area contributed by atoms with E-state index in [-0.39, 0.29) is 17.7 Å². The largest absolute Gasteiger partial charge is 0.420 e. The van der Waals surface area contributed by atoms with E-state index < -0.39 is 11.7 Å². The number of carbonyl (C=O) groups excluding carboxylic acids is 1. The van der Waals surface area contributed by atoms with Crippen molar-refractivity contribution in [3.05, 3.63) is 71.1 Å². The minimum atomic E-state index is -4.41. The van der Waals surface area contributed by atoms with Gasteiger partial charge in [-0.3, -0.25) is 4.79 Å². The monoisotopic (exact) mass is 426 g/mol. The second-order valence-corrected chi connectivity index (χ2v) is 7.30. The second kappa shape index (κ2) is 8.22. The van der Waals surface area contributed by atoms with Crippen LogP contribution in [0.5, 0.6) is 0 Å². The third kappa shape index (κ3) is 4.43. The molecule has 0 aliphatic carbocycles. The van der Waals surface area contributed by atoms with Crippen molar-refractivity contribution in [2.24, 2.45) is 0 Å². The van der Waals surface area contributed by atoms with E-state index in [1.807, 2.05) is 6.07 Å². The van der Waals surface area contributed by atoms with Crippen LogP contribution in [-0.2, 0) is 6.18 Å². The van der Waals surface area contributed by atoms with Crippen molar-refractivity contribution in [2.75, 3.05) is 13.1 Å². The molecule has 1 fully saturated rings. The van der Waals surface area contributed by atoms with Gasteiger partial charge in [0.2, 0.25) is 11.8 Å². The van der Waals surface area contributed by atoms with Crippen LogP contribution in [0.3, 0.4) is 0 Å². The average Bonchev–Trinajstić information content (AvgIpc) is 3.29. The lowest BCUT2D eigenvalue weighted by molar-refractivity contribution is -0.137. The molecule has 4 rings (SSSR count). The van der Waals surface area contributed by atoms with Gasteiger partial charge in [-0.15, -0.1) is 10.2 Å². The van der Waals surface area contributed by atoms with Crippen LogP contribution >= 0.6 is 0 Å². The van der Waals surface area contributed by atoms with E-state index in [4.69, 9.17) is 9.68 Å². The SMILES string of the molecule is N#Cc1cccc(C(=O)N2CCCC(c3nnc(-c4ccc(C(F)(F)F)cc4)o3)C2)c1. The van der Waals surface area contributed by atoms with Crippen molar-refractivity contribution in [3.63, 3.8) is 0 Å². The number of alkyl halides is 3. The van der Waals surface area contributed by atoms with E-state index in [1.54, 1.807) is 29.2 Å². The van der Waals surface area contributed by atoms with Crippen molar-refractivity contribution in [1.29, 1.82) is 5.26 Å². The molecule has 0 saturated carbocycles. The first-order chi connectivity index (χ1) is 14.8. The van der Waals surface area contributed by atoms with Crippen molar-refractivity contribution in [1.82, 2.24) is 15.1 Å². The number of nitrogens with zero attached hydrogens (tertiary/aromatic N) is 4. The van der Waals surface area contributed by atoms with Gasteiger partial charge in [-0.25, -0.2) is 0 Å². The zero-order valence-electron chi connectivity index (χ0n) is 16.3. The van der Waals surface area contributed by atoms with Gasteiger partial charge in [0.05, 0.1) is 23.1 Å². The molecule has 0 bridgehead atoms. The summed E-state index contributed by atoms with van der Waals surface area (Å²) in [6.45, 7) is 0.955. The van der Waals surface area contributed by atoms with Gasteiger partial charge in [-0.2, -0.15) is 18.4 Å². The van der Waals surface area contributed by atoms with E-state index in [2.05, 4.69) is 10.2 Å². The summed E-state index contributed by atoms with van der Waals surface area (Å²) in [7, 11) is 0. The van der Waals surface area contributed by atoms with Crippen LogP contribution in [-0.4, -0.2) is 34.1 Å². The molecule has 158 valence electrons. The van der Waals surface area contributed by atoms with Crippen molar-refractivity contribution in [2.45, 2.75) is 24.9 Å². The Morgan fingerprint density at radius 3 is 2.65 bits per heavy atom. The van der Waals surface area contributed by atoms with Gasteiger partial charge in [0.15, 0.2) is 0 Å². The molecule has 3 aromatic rings. The molecule has 1 amide bonds. The average molecular weight is 426 g/mol. The fourth-order valence-electron chi connectivity index (χ4n) is 3.59. The van der Waals surface area contributed by atoms with Gasteiger partial charge in [0.25, 0.3) is 5.91 Å².